The number of oxime groups is 1. The molecule has 1 aliphatic heterocycles. The third-order valence-corrected chi connectivity index (χ3v) is 4.77. The van der Waals surface area contributed by atoms with E-state index in [1.54, 1.807) is 18.2 Å². The third-order valence-electron chi connectivity index (χ3n) is 4.40. The minimum atomic E-state index is -0.374. The molecule has 1 unspecified atom stereocenters. The van der Waals surface area contributed by atoms with Crippen molar-refractivity contribution < 1.29 is 9.23 Å². The van der Waals surface area contributed by atoms with Gasteiger partial charge in [-0.25, -0.2) is 9.38 Å². The van der Waals surface area contributed by atoms with Gasteiger partial charge in [0.25, 0.3) is 0 Å². The molecule has 0 bridgehead atoms. The van der Waals surface area contributed by atoms with Gasteiger partial charge in [0.1, 0.15) is 18.1 Å². The molecular formula is C23H17ClFN3O. The van der Waals surface area contributed by atoms with Gasteiger partial charge in [-0.3, -0.25) is 4.99 Å². The smallest absolute Gasteiger partial charge is 0.166 e. The number of aliphatic imine (C=N–C) groups is 2. The molecule has 0 amide bonds. The van der Waals surface area contributed by atoms with Gasteiger partial charge in [0, 0.05) is 16.1 Å². The summed E-state index contributed by atoms with van der Waals surface area (Å²) >= 11 is 6.13. The fraction of sp³-hybridized carbons (Fsp3) is 0.0870. The van der Waals surface area contributed by atoms with E-state index in [2.05, 4.69) is 10.1 Å². The van der Waals surface area contributed by atoms with E-state index in [0.29, 0.717) is 16.4 Å². The van der Waals surface area contributed by atoms with E-state index < -0.39 is 0 Å². The van der Waals surface area contributed by atoms with Crippen molar-refractivity contribution in [1.29, 1.82) is 0 Å². The summed E-state index contributed by atoms with van der Waals surface area (Å²) in [4.78, 5) is 14.8. The Morgan fingerprint density at radius 1 is 0.931 bits per heavy atom. The molecule has 29 heavy (non-hydrogen) atoms. The lowest BCUT2D eigenvalue weighted by atomic mass is 10.1. The Hall–Kier alpha value is -3.31. The standard InChI is InChI=1S/C23H17ClFN3O/c24-20-9-5-4-8-18(20)15-29-26-14-21-22(16-10-12-19(25)13-11-16)28-23(27-21)17-6-2-1-3-7-17/h1-14,23H,15H2/b26-14+. The normalized spacial score (nSPS) is 16.0. The van der Waals surface area contributed by atoms with Crippen molar-refractivity contribution in [2.45, 2.75) is 12.8 Å². The molecule has 3 aromatic carbocycles. The maximum Gasteiger partial charge on any atom is 0.166 e. The summed E-state index contributed by atoms with van der Waals surface area (Å²) in [5.41, 5.74) is 3.79. The fourth-order valence-electron chi connectivity index (χ4n) is 2.92. The topological polar surface area (TPSA) is 46.3 Å². The Morgan fingerprint density at radius 2 is 1.66 bits per heavy atom. The second-order valence-electron chi connectivity index (χ2n) is 6.38. The van der Waals surface area contributed by atoms with E-state index in [4.69, 9.17) is 21.4 Å². The first-order valence-electron chi connectivity index (χ1n) is 9.06. The maximum absolute atomic E-state index is 13.3. The van der Waals surface area contributed by atoms with Crippen molar-refractivity contribution in [1.82, 2.24) is 0 Å². The van der Waals surface area contributed by atoms with E-state index in [-0.39, 0.29) is 18.6 Å². The van der Waals surface area contributed by atoms with Gasteiger partial charge in [0.05, 0.1) is 11.9 Å². The molecule has 144 valence electrons. The average Bonchev–Trinajstić information content (AvgIpc) is 3.18. The van der Waals surface area contributed by atoms with Crippen LogP contribution in [0.1, 0.15) is 22.9 Å². The minimum Gasteiger partial charge on any atom is -0.391 e. The molecule has 0 aliphatic carbocycles. The van der Waals surface area contributed by atoms with Crippen LogP contribution in [0.5, 0.6) is 0 Å². The summed E-state index contributed by atoms with van der Waals surface area (Å²) in [6.45, 7) is 0.245. The van der Waals surface area contributed by atoms with Crippen LogP contribution in [-0.2, 0) is 11.4 Å². The van der Waals surface area contributed by atoms with E-state index in [1.165, 1.54) is 18.3 Å². The number of hydrogen-bond acceptors (Lipinski definition) is 4. The molecular weight excluding hydrogens is 389 g/mol. The quantitative estimate of drug-likeness (QED) is 0.387. The van der Waals surface area contributed by atoms with Gasteiger partial charge in [-0.2, -0.15) is 0 Å². The highest BCUT2D eigenvalue weighted by Crippen LogP contribution is 2.25. The van der Waals surface area contributed by atoms with Gasteiger partial charge in [-0.15, -0.1) is 0 Å². The number of nitrogens with zero attached hydrogens (tertiary/aromatic N) is 3. The van der Waals surface area contributed by atoms with Gasteiger partial charge < -0.3 is 4.84 Å². The molecule has 1 aliphatic rings. The summed E-state index contributed by atoms with van der Waals surface area (Å²) in [6.07, 6.45) is 1.16. The monoisotopic (exact) mass is 405 g/mol. The molecule has 0 radical (unpaired) electrons. The average molecular weight is 406 g/mol. The van der Waals surface area contributed by atoms with Crippen LogP contribution in [0.4, 0.5) is 4.39 Å². The first-order chi connectivity index (χ1) is 14.2. The summed E-state index contributed by atoms with van der Waals surface area (Å²) in [5.74, 6) is -0.304. The van der Waals surface area contributed by atoms with Gasteiger partial charge in [0.2, 0.25) is 0 Å². The van der Waals surface area contributed by atoms with Gasteiger partial charge in [-0.05, 0) is 35.9 Å². The molecule has 4 nitrogen and oxygen atoms in total. The molecule has 0 saturated carbocycles. The Balaban J connectivity index is 1.56. The second kappa shape index (κ2) is 8.80. The van der Waals surface area contributed by atoms with Crippen LogP contribution >= 0.6 is 11.6 Å². The highest BCUT2D eigenvalue weighted by molar-refractivity contribution is 6.67. The molecule has 0 fully saturated rings. The third kappa shape index (κ3) is 4.58. The van der Waals surface area contributed by atoms with Crippen molar-refractivity contribution in [3.05, 3.63) is 106 Å². The molecule has 0 spiro atoms. The molecule has 3 aromatic rings. The SMILES string of the molecule is Fc1ccc(C2=NC(c3ccccc3)N=C2/C=N/OCc2ccccc2Cl)cc1. The summed E-state index contributed by atoms with van der Waals surface area (Å²) in [6, 6.07) is 23.3. The lowest BCUT2D eigenvalue weighted by molar-refractivity contribution is 0.132. The van der Waals surface area contributed by atoms with Crippen molar-refractivity contribution in [3.8, 4) is 0 Å². The highest BCUT2D eigenvalue weighted by Gasteiger charge is 2.22. The predicted octanol–water partition coefficient (Wildman–Crippen LogP) is 5.62. The largest absolute Gasteiger partial charge is 0.391 e. The van der Waals surface area contributed by atoms with Crippen LogP contribution in [0.3, 0.4) is 0 Å². The van der Waals surface area contributed by atoms with E-state index in [0.717, 1.165) is 16.7 Å². The van der Waals surface area contributed by atoms with Crippen LogP contribution < -0.4 is 0 Å². The van der Waals surface area contributed by atoms with Crippen LogP contribution in [0.25, 0.3) is 0 Å². The maximum atomic E-state index is 13.3. The predicted molar refractivity (Wildman–Crippen MR) is 114 cm³/mol. The molecule has 0 saturated heterocycles. The van der Waals surface area contributed by atoms with E-state index in [9.17, 15) is 4.39 Å². The lowest BCUT2D eigenvalue weighted by Crippen LogP contribution is -2.14. The summed E-state index contributed by atoms with van der Waals surface area (Å²) in [7, 11) is 0. The molecule has 0 N–H and O–H groups in total. The van der Waals surface area contributed by atoms with Crippen LogP contribution in [0.15, 0.2) is 94.0 Å². The Bertz CT molecular complexity index is 1080. The Morgan fingerprint density at radius 3 is 2.41 bits per heavy atom. The van der Waals surface area contributed by atoms with Crippen LogP contribution in [-0.4, -0.2) is 17.6 Å². The number of benzene rings is 3. The summed E-state index contributed by atoms with van der Waals surface area (Å²) < 4.78 is 13.3. The fourth-order valence-corrected chi connectivity index (χ4v) is 3.11. The first-order valence-corrected chi connectivity index (χ1v) is 9.44. The highest BCUT2D eigenvalue weighted by atomic mass is 35.5. The van der Waals surface area contributed by atoms with Gasteiger partial charge in [0.15, 0.2) is 6.17 Å². The van der Waals surface area contributed by atoms with Gasteiger partial charge >= 0.3 is 0 Å². The zero-order valence-corrected chi connectivity index (χ0v) is 16.1. The molecule has 1 atom stereocenters. The minimum absolute atomic E-state index is 0.245. The Labute approximate surface area is 173 Å². The molecule has 6 heteroatoms. The molecule has 4 rings (SSSR count). The summed E-state index contributed by atoms with van der Waals surface area (Å²) in [5, 5.41) is 4.67. The first kappa shape index (κ1) is 19.0. The second-order valence-corrected chi connectivity index (χ2v) is 6.79. The lowest BCUT2D eigenvalue weighted by Gasteiger charge is -2.03. The van der Waals surface area contributed by atoms with E-state index in [1.807, 2.05) is 48.5 Å². The van der Waals surface area contributed by atoms with Crippen LogP contribution in [0.2, 0.25) is 5.02 Å². The van der Waals surface area contributed by atoms with E-state index >= 15 is 0 Å². The van der Waals surface area contributed by atoms with Gasteiger partial charge in [-0.1, -0.05) is 65.3 Å². The van der Waals surface area contributed by atoms with Crippen LogP contribution in [0, 0.1) is 5.82 Å². The zero-order chi connectivity index (χ0) is 20.1. The van der Waals surface area contributed by atoms with Crippen molar-refractivity contribution in [3.63, 3.8) is 0 Å². The number of rotatable bonds is 6. The number of halogens is 2. The van der Waals surface area contributed by atoms with Crippen molar-refractivity contribution in [2.24, 2.45) is 15.1 Å². The zero-order valence-electron chi connectivity index (χ0n) is 15.4. The van der Waals surface area contributed by atoms with Crippen molar-refractivity contribution in [2.75, 3.05) is 0 Å². The Kier molecular flexibility index (Phi) is 5.77. The number of hydrogen-bond donors (Lipinski definition) is 0. The van der Waals surface area contributed by atoms with Crippen molar-refractivity contribution >= 4 is 29.2 Å². The molecule has 1 heterocycles. The molecule has 0 aromatic heterocycles.